The highest BCUT2D eigenvalue weighted by Crippen LogP contribution is 2.25. The summed E-state index contributed by atoms with van der Waals surface area (Å²) < 4.78 is 0. The molecule has 0 fully saturated rings. The lowest BCUT2D eigenvalue weighted by Crippen LogP contribution is -1.86. The summed E-state index contributed by atoms with van der Waals surface area (Å²) in [6.45, 7) is 17.7. The Morgan fingerprint density at radius 2 is 1.44 bits per heavy atom. The van der Waals surface area contributed by atoms with Gasteiger partial charge in [0.15, 0.2) is 0 Å². The molecule has 0 saturated heterocycles. The number of aromatic hydroxyl groups is 1. The van der Waals surface area contributed by atoms with Gasteiger partial charge in [-0.05, 0) is 49.6 Å². The predicted molar refractivity (Wildman–Crippen MR) is 75.0 cm³/mol. The molecule has 0 bridgehead atoms. The highest BCUT2D eigenvalue weighted by molar-refractivity contribution is 5.66. The average Bonchev–Trinajstić information content (AvgIpc) is 2.28. The van der Waals surface area contributed by atoms with Crippen molar-refractivity contribution in [2.45, 2.75) is 48.5 Å². The molecular formula is C15H26O. The van der Waals surface area contributed by atoms with Crippen LogP contribution in [0.4, 0.5) is 0 Å². The summed E-state index contributed by atoms with van der Waals surface area (Å²) in [6.07, 6.45) is 0. The second-order valence-corrected chi connectivity index (χ2v) is 3.23. The first-order chi connectivity index (χ1) is 7.52. The van der Waals surface area contributed by atoms with E-state index in [0.29, 0.717) is 5.75 Å². The number of aryl methyl sites for hydroxylation is 2. The van der Waals surface area contributed by atoms with Gasteiger partial charge >= 0.3 is 0 Å². The van der Waals surface area contributed by atoms with Gasteiger partial charge in [-0.3, -0.25) is 0 Å². The van der Waals surface area contributed by atoms with Crippen LogP contribution in [0.15, 0.2) is 18.7 Å². The molecule has 0 saturated carbocycles. The summed E-state index contributed by atoms with van der Waals surface area (Å²) in [5.74, 6) is 0.359. The number of benzene rings is 1. The molecular weight excluding hydrogens is 196 g/mol. The predicted octanol–water partition coefficient (Wildman–Crippen LogP) is 5.09. The minimum Gasteiger partial charge on any atom is -0.508 e. The SMILES string of the molecule is C=C(C)c1cc(C)c(O)cc1C.CC.CC. The first kappa shape index (κ1) is 17.2. The van der Waals surface area contributed by atoms with E-state index in [0.717, 1.165) is 22.3 Å². The molecule has 1 N–H and O–H groups in total. The Balaban J connectivity index is 0. The second-order valence-electron chi connectivity index (χ2n) is 3.23. The van der Waals surface area contributed by atoms with Crippen LogP contribution < -0.4 is 0 Å². The molecule has 0 atom stereocenters. The summed E-state index contributed by atoms with van der Waals surface area (Å²) in [5, 5.41) is 9.38. The van der Waals surface area contributed by atoms with Gasteiger partial charge in [-0.25, -0.2) is 0 Å². The standard InChI is InChI=1S/C11H14O.2C2H6/c1-7(2)10-5-9(4)11(12)6-8(10)3;2*1-2/h5-6,12H,1H2,2-4H3;2*1-2H3. The maximum atomic E-state index is 9.38. The Labute approximate surface area is 101 Å². The average molecular weight is 222 g/mol. The van der Waals surface area contributed by atoms with Crippen LogP contribution in [0, 0.1) is 13.8 Å². The molecule has 0 spiro atoms. The minimum atomic E-state index is 0.359. The van der Waals surface area contributed by atoms with E-state index >= 15 is 0 Å². The third kappa shape index (κ3) is 5.01. The molecule has 1 aromatic carbocycles. The normalized spacial score (nSPS) is 8.19. The van der Waals surface area contributed by atoms with Crippen molar-refractivity contribution in [3.05, 3.63) is 35.4 Å². The molecule has 1 nitrogen and oxygen atoms in total. The zero-order valence-corrected chi connectivity index (χ0v) is 11.8. The lowest BCUT2D eigenvalue weighted by Gasteiger charge is -2.07. The number of hydrogen-bond donors (Lipinski definition) is 1. The molecule has 0 aliphatic heterocycles. The lowest BCUT2D eigenvalue weighted by atomic mass is 10.00. The molecule has 1 rings (SSSR count). The van der Waals surface area contributed by atoms with Crippen LogP contribution in [0.3, 0.4) is 0 Å². The van der Waals surface area contributed by atoms with Crippen LogP contribution in [0.2, 0.25) is 0 Å². The number of hydrogen-bond acceptors (Lipinski definition) is 1. The first-order valence-corrected chi connectivity index (χ1v) is 5.98. The van der Waals surface area contributed by atoms with Crippen LogP contribution in [0.1, 0.15) is 51.3 Å². The van der Waals surface area contributed by atoms with Gasteiger partial charge in [0, 0.05) is 0 Å². The number of rotatable bonds is 1. The lowest BCUT2D eigenvalue weighted by molar-refractivity contribution is 0.470. The van der Waals surface area contributed by atoms with Crippen LogP contribution in [0.5, 0.6) is 5.75 Å². The minimum absolute atomic E-state index is 0.359. The van der Waals surface area contributed by atoms with Gasteiger partial charge in [0.1, 0.15) is 5.75 Å². The molecule has 0 aliphatic rings. The largest absolute Gasteiger partial charge is 0.508 e. The zero-order chi connectivity index (χ0) is 13.3. The summed E-state index contributed by atoms with van der Waals surface area (Å²) in [5.41, 5.74) is 4.14. The topological polar surface area (TPSA) is 20.2 Å². The summed E-state index contributed by atoms with van der Waals surface area (Å²) >= 11 is 0. The molecule has 0 unspecified atom stereocenters. The quantitative estimate of drug-likeness (QED) is 0.701. The van der Waals surface area contributed by atoms with Crippen molar-refractivity contribution in [1.82, 2.24) is 0 Å². The van der Waals surface area contributed by atoms with Crippen LogP contribution >= 0.6 is 0 Å². The second kappa shape index (κ2) is 9.02. The van der Waals surface area contributed by atoms with Gasteiger partial charge in [0.2, 0.25) is 0 Å². The van der Waals surface area contributed by atoms with Gasteiger partial charge in [-0.1, -0.05) is 39.8 Å². The van der Waals surface area contributed by atoms with Gasteiger partial charge in [0.05, 0.1) is 0 Å². The number of allylic oxidation sites excluding steroid dienone is 1. The Hall–Kier alpha value is -1.24. The molecule has 92 valence electrons. The van der Waals surface area contributed by atoms with Gasteiger partial charge in [-0.2, -0.15) is 0 Å². The fourth-order valence-electron chi connectivity index (χ4n) is 1.26. The van der Waals surface area contributed by atoms with Crippen LogP contribution in [-0.4, -0.2) is 5.11 Å². The summed E-state index contributed by atoms with van der Waals surface area (Å²) in [7, 11) is 0. The van der Waals surface area contributed by atoms with E-state index in [4.69, 9.17) is 0 Å². The van der Waals surface area contributed by atoms with E-state index in [-0.39, 0.29) is 0 Å². The van der Waals surface area contributed by atoms with Crippen LogP contribution in [0.25, 0.3) is 5.57 Å². The Morgan fingerprint density at radius 1 is 1.00 bits per heavy atom. The highest BCUT2D eigenvalue weighted by atomic mass is 16.3. The summed E-state index contributed by atoms with van der Waals surface area (Å²) in [4.78, 5) is 0. The number of phenols is 1. The van der Waals surface area contributed by atoms with Crippen molar-refractivity contribution < 1.29 is 5.11 Å². The molecule has 1 aromatic rings. The van der Waals surface area contributed by atoms with Crippen molar-refractivity contribution in [3.63, 3.8) is 0 Å². The van der Waals surface area contributed by atoms with Crippen molar-refractivity contribution >= 4 is 5.57 Å². The fraction of sp³-hybridized carbons (Fsp3) is 0.467. The smallest absolute Gasteiger partial charge is 0.118 e. The van der Waals surface area contributed by atoms with Gasteiger partial charge < -0.3 is 5.11 Å². The van der Waals surface area contributed by atoms with Crippen molar-refractivity contribution in [3.8, 4) is 5.75 Å². The zero-order valence-electron chi connectivity index (χ0n) is 11.8. The molecule has 1 heteroatoms. The Bertz CT molecular complexity index is 324. The maximum Gasteiger partial charge on any atom is 0.118 e. The first-order valence-electron chi connectivity index (χ1n) is 5.98. The van der Waals surface area contributed by atoms with E-state index in [1.807, 2.05) is 54.5 Å². The van der Waals surface area contributed by atoms with Crippen molar-refractivity contribution in [2.24, 2.45) is 0 Å². The Morgan fingerprint density at radius 3 is 1.81 bits per heavy atom. The molecule has 0 aliphatic carbocycles. The van der Waals surface area contributed by atoms with Gasteiger partial charge in [0.25, 0.3) is 0 Å². The number of phenolic OH excluding ortho intramolecular Hbond substituents is 1. The highest BCUT2D eigenvalue weighted by Gasteiger charge is 2.02. The van der Waals surface area contributed by atoms with E-state index in [1.54, 1.807) is 6.07 Å². The maximum absolute atomic E-state index is 9.38. The van der Waals surface area contributed by atoms with Gasteiger partial charge in [-0.15, -0.1) is 0 Å². The third-order valence-electron chi connectivity index (χ3n) is 2.00. The van der Waals surface area contributed by atoms with Crippen LogP contribution in [-0.2, 0) is 0 Å². The molecule has 16 heavy (non-hydrogen) atoms. The Kier molecular flexibility index (Phi) is 9.68. The van der Waals surface area contributed by atoms with E-state index in [2.05, 4.69) is 6.58 Å². The van der Waals surface area contributed by atoms with E-state index in [9.17, 15) is 5.11 Å². The summed E-state index contributed by atoms with van der Waals surface area (Å²) in [6, 6.07) is 3.74. The van der Waals surface area contributed by atoms with Crippen molar-refractivity contribution in [2.75, 3.05) is 0 Å². The molecule has 0 heterocycles. The molecule has 0 radical (unpaired) electrons. The van der Waals surface area contributed by atoms with E-state index < -0.39 is 0 Å². The van der Waals surface area contributed by atoms with E-state index in [1.165, 1.54) is 0 Å². The van der Waals surface area contributed by atoms with Crippen molar-refractivity contribution in [1.29, 1.82) is 0 Å². The third-order valence-corrected chi connectivity index (χ3v) is 2.00. The molecule has 0 amide bonds. The molecule has 0 aromatic heterocycles. The fourth-order valence-corrected chi connectivity index (χ4v) is 1.26. The monoisotopic (exact) mass is 222 g/mol.